The second-order valence-electron chi connectivity index (χ2n) is 9.67. The number of rotatable bonds is 11. The number of carbonyl (C=O) groups excluding carboxylic acids is 1. The van der Waals surface area contributed by atoms with E-state index in [0.717, 1.165) is 56.9 Å². The molecule has 0 N–H and O–H groups in total. The predicted octanol–water partition coefficient (Wildman–Crippen LogP) is 6.83. The van der Waals surface area contributed by atoms with Crippen LogP contribution in [0.4, 0.5) is 0 Å². The van der Waals surface area contributed by atoms with Gasteiger partial charge in [0.15, 0.2) is 0 Å². The van der Waals surface area contributed by atoms with Crippen LogP contribution in [-0.4, -0.2) is 30.0 Å². The highest BCUT2D eigenvalue weighted by Gasteiger charge is 2.26. The summed E-state index contributed by atoms with van der Waals surface area (Å²) in [4.78, 5) is 16.7. The van der Waals surface area contributed by atoms with Crippen LogP contribution in [0.25, 0.3) is 0 Å². The van der Waals surface area contributed by atoms with Crippen molar-refractivity contribution in [3.8, 4) is 5.75 Å². The summed E-state index contributed by atoms with van der Waals surface area (Å²) in [5.74, 6) is 1.60. The summed E-state index contributed by atoms with van der Waals surface area (Å²) in [6.45, 7) is 4.56. The van der Waals surface area contributed by atoms with E-state index in [-0.39, 0.29) is 5.97 Å². The van der Waals surface area contributed by atoms with Gasteiger partial charge in [0, 0.05) is 23.9 Å². The molecule has 1 atom stereocenters. The first-order valence-electron chi connectivity index (χ1n) is 12.8. The van der Waals surface area contributed by atoms with Crippen LogP contribution >= 0.6 is 11.3 Å². The molecule has 0 saturated heterocycles. The third-order valence-electron chi connectivity index (χ3n) is 7.36. The highest BCUT2D eigenvalue weighted by atomic mass is 32.1. The molecule has 1 saturated carbocycles. The molecule has 1 aromatic carbocycles. The van der Waals surface area contributed by atoms with Gasteiger partial charge in [-0.05, 0) is 86.0 Å². The fourth-order valence-corrected chi connectivity index (χ4v) is 6.34. The molecule has 32 heavy (non-hydrogen) atoms. The minimum absolute atomic E-state index is 0.0536. The molecular weight excluding hydrogens is 414 g/mol. The van der Waals surface area contributed by atoms with Crippen molar-refractivity contribution in [3.63, 3.8) is 0 Å². The first kappa shape index (κ1) is 23.5. The Hall–Kier alpha value is -1.65. The third kappa shape index (κ3) is 6.45. The van der Waals surface area contributed by atoms with Crippen molar-refractivity contribution >= 4 is 17.3 Å². The average Bonchev–Trinajstić information content (AvgIpc) is 3.51. The Morgan fingerprint density at radius 3 is 2.78 bits per heavy atom. The van der Waals surface area contributed by atoms with E-state index >= 15 is 0 Å². The number of carbonyl (C=O) groups is 1. The summed E-state index contributed by atoms with van der Waals surface area (Å²) in [6, 6.07) is 11.3. The molecule has 1 aromatic heterocycles. The molecule has 0 radical (unpaired) electrons. The summed E-state index contributed by atoms with van der Waals surface area (Å²) in [5, 5.41) is 2.17. The van der Waals surface area contributed by atoms with E-state index in [1.807, 2.05) is 17.4 Å². The van der Waals surface area contributed by atoms with Crippen LogP contribution in [0.1, 0.15) is 80.7 Å². The van der Waals surface area contributed by atoms with Gasteiger partial charge in [-0.2, -0.15) is 0 Å². The molecule has 2 aromatic rings. The van der Waals surface area contributed by atoms with E-state index in [9.17, 15) is 4.79 Å². The van der Waals surface area contributed by atoms with E-state index in [0.29, 0.717) is 12.5 Å². The van der Waals surface area contributed by atoms with Gasteiger partial charge in [-0.3, -0.25) is 9.69 Å². The van der Waals surface area contributed by atoms with Crippen LogP contribution in [0.3, 0.4) is 0 Å². The normalized spacial score (nSPS) is 18.8. The zero-order chi connectivity index (χ0) is 22.2. The SMILES string of the molecule is CCCN(CCc1cccs1)C1CCc2c(cccc2OC(=O)CCCC2CCCC2)C1. The predicted molar refractivity (Wildman–Crippen MR) is 134 cm³/mol. The largest absolute Gasteiger partial charge is 0.426 e. The van der Waals surface area contributed by atoms with Crippen LogP contribution in [-0.2, 0) is 24.1 Å². The van der Waals surface area contributed by atoms with Crippen LogP contribution in [0.2, 0.25) is 0 Å². The molecular formula is C28H39NO2S. The molecule has 1 fully saturated rings. The van der Waals surface area contributed by atoms with E-state index in [2.05, 4.69) is 41.5 Å². The maximum Gasteiger partial charge on any atom is 0.311 e. The van der Waals surface area contributed by atoms with Crippen LogP contribution in [0.5, 0.6) is 5.75 Å². The Labute approximate surface area is 198 Å². The summed E-state index contributed by atoms with van der Waals surface area (Å²) < 4.78 is 5.87. The van der Waals surface area contributed by atoms with Crippen molar-refractivity contribution in [1.82, 2.24) is 4.90 Å². The minimum Gasteiger partial charge on any atom is -0.426 e. The highest BCUT2D eigenvalue weighted by Crippen LogP contribution is 2.33. The fourth-order valence-electron chi connectivity index (χ4n) is 5.64. The Balaban J connectivity index is 1.32. The van der Waals surface area contributed by atoms with E-state index in [1.54, 1.807) is 0 Å². The molecule has 2 aliphatic rings. The van der Waals surface area contributed by atoms with Crippen molar-refractivity contribution in [2.45, 2.75) is 90.0 Å². The first-order chi connectivity index (χ1) is 15.7. The van der Waals surface area contributed by atoms with Gasteiger partial charge >= 0.3 is 5.97 Å². The molecule has 0 spiro atoms. The van der Waals surface area contributed by atoms with Gasteiger partial charge in [-0.1, -0.05) is 50.8 Å². The first-order valence-corrected chi connectivity index (χ1v) is 13.7. The minimum atomic E-state index is -0.0536. The van der Waals surface area contributed by atoms with Gasteiger partial charge in [0.25, 0.3) is 0 Å². The molecule has 0 aliphatic heterocycles. The lowest BCUT2D eigenvalue weighted by atomic mass is 9.86. The highest BCUT2D eigenvalue weighted by molar-refractivity contribution is 7.09. The molecule has 1 unspecified atom stereocenters. The molecule has 4 rings (SSSR count). The van der Waals surface area contributed by atoms with Gasteiger partial charge in [0.2, 0.25) is 0 Å². The van der Waals surface area contributed by atoms with E-state index in [1.165, 1.54) is 54.5 Å². The van der Waals surface area contributed by atoms with Gasteiger partial charge in [0.05, 0.1) is 0 Å². The van der Waals surface area contributed by atoms with E-state index < -0.39 is 0 Å². The van der Waals surface area contributed by atoms with Gasteiger partial charge in [-0.15, -0.1) is 11.3 Å². The van der Waals surface area contributed by atoms with Gasteiger partial charge in [-0.25, -0.2) is 0 Å². The third-order valence-corrected chi connectivity index (χ3v) is 8.29. The van der Waals surface area contributed by atoms with Gasteiger partial charge < -0.3 is 4.74 Å². The molecule has 1 heterocycles. The zero-order valence-electron chi connectivity index (χ0n) is 19.7. The smallest absolute Gasteiger partial charge is 0.311 e. The lowest BCUT2D eigenvalue weighted by Crippen LogP contribution is -2.41. The van der Waals surface area contributed by atoms with E-state index in [4.69, 9.17) is 4.74 Å². The van der Waals surface area contributed by atoms with Crippen molar-refractivity contribution in [1.29, 1.82) is 0 Å². The number of esters is 1. The Bertz CT molecular complexity index is 841. The van der Waals surface area contributed by atoms with Gasteiger partial charge in [0.1, 0.15) is 5.75 Å². The maximum absolute atomic E-state index is 12.5. The quantitative estimate of drug-likeness (QED) is 0.276. The Kier molecular flexibility index (Phi) is 8.81. The Morgan fingerprint density at radius 2 is 2.00 bits per heavy atom. The molecule has 4 heteroatoms. The van der Waals surface area contributed by atoms with Crippen LogP contribution in [0, 0.1) is 5.92 Å². The lowest BCUT2D eigenvalue weighted by Gasteiger charge is -2.35. The summed E-state index contributed by atoms with van der Waals surface area (Å²) >= 11 is 1.86. The molecule has 2 aliphatic carbocycles. The zero-order valence-corrected chi connectivity index (χ0v) is 20.5. The summed E-state index contributed by atoms with van der Waals surface area (Å²) in [7, 11) is 0. The number of hydrogen-bond donors (Lipinski definition) is 0. The number of ether oxygens (including phenoxy) is 1. The fraction of sp³-hybridized carbons (Fsp3) is 0.607. The second kappa shape index (κ2) is 12.0. The van der Waals surface area contributed by atoms with Crippen LogP contribution in [0.15, 0.2) is 35.7 Å². The number of benzene rings is 1. The number of nitrogens with zero attached hydrogens (tertiary/aromatic N) is 1. The van der Waals surface area contributed by atoms with Crippen molar-refractivity contribution in [2.24, 2.45) is 5.92 Å². The lowest BCUT2D eigenvalue weighted by molar-refractivity contribution is -0.134. The number of hydrogen-bond acceptors (Lipinski definition) is 4. The summed E-state index contributed by atoms with van der Waals surface area (Å²) in [6.07, 6.45) is 13.7. The monoisotopic (exact) mass is 453 g/mol. The van der Waals surface area contributed by atoms with Crippen molar-refractivity contribution in [2.75, 3.05) is 13.1 Å². The average molecular weight is 454 g/mol. The second-order valence-corrected chi connectivity index (χ2v) is 10.7. The standard InChI is InChI=1S/C28H39NO2S/c1-2-18-29(19-17-25-12-7-20-32-25)24-15-16-26-23(21-24)11-6-13-27(26)31-28(30)14-5-10-22-8-3-4-9-22/h6-7,11-13,20,22,24H,2-5,8-10,14-19,21H2,1H3. The number of thiophene rings is 1. The van der Waals surface area contributed by atoms with Crippen molar-refractivity contribution in [3.05, 3.63) is 51.7 Å². The number of fused-ring (bicyclic) bond motifs is 1. The summed E-state index contributed by atoms with van der Waals surface area (Å²) in [5.41, 5.74) is 2.64. The Morgan fingerprint density at radius 1 is 1.12 bits per heavy atom. The maximum atomic E-state index is 12.5. The molecule has 174 valence electrons. The van der Waals surface area contributed by atoms with Crippen LogP contribution < -0.4 is 4.74 Å². The van der Waals surface area contributed by atoms with Crippen molar-refractivity contribution < 1.29 is 9.53 Å². The molecule has 0 bridgehead atoms. The molecule has 3 nitrogen and oxygen atoms in total. The molecule has 0 amide bonds. The topological polar surface area (TPSA) is 29.5 Å².